The number of imide groups is 1. The van der Waals surface area contributed by atoms with Gasteiger partial charge in [0.15, 0.2) is 0 Å². The lowest BCUT2D eigenvalue weighted by Crippen LogP contribution is -2.37. The Balaban J connectivity index is 1.87. The van der Waals surface area contributed by atoms with Crippen LogP contribution in [0.3, 0.4) is 0 Å². The zero-order chi connectivity index (χ0) is 16.6. The minimum absolute atomic E-state index is 0.100. The Morgan fingerprint density at radius 1 is 1.00 bits per heavy atom. The molecule has 0 spiro atoms. The molecule has 1 aromatic rings. The van der Waals surface area contributed by atoms with E-state index in [0.29, 0.717) is 5.02 Å². The van der Waals surface area contributed by atoms with Crippen molar-refractivity contribution in [1.29, 1.82) is 0 Å². The number of amides is 2. The number of carbonyl (C=O) groups is 2. The highest BCUT2D eigenvalue weighted by Crippen LogP contribution is 2.35. The number of hydrogen-bond donors (Lipinski definition) is 1. The van der Waals surface area contributed by atoms with Gasteiger partial charge < -0.3 is 5.32 Å². The van der Waals surface area contributed by atoms with Crippen LogP contribution in [0.4, 0.5) is 5.69 Å². The number of anilines is 1. The molecule has 1 aromatic carbocycles. The van der Waals surface area contributed by atoms with Crippen LogP contribution in [-0.2, 0) is 9.59 Å². The van der Waals surface area contributed by atoms with E-state index in [0.717, 1.165) is 30.6 Å². The van der Waals surface area contributed by atoms with Crippen molar-refractivity contribution in [1.82, 2.24) is 5.32 Å². The van der Waals surface area contributed by atoms with Gasteiger partial charge in [0, 0.05) is 11.1 Å². The molecule has 1 fully saturated rings. The summed E-state index contributed by atoms with van der Waals surface area (Å²) < 4.78 is 0. The second kappa shape index (κ2) is 6.71. The fourth-order valence-electron chi connectivity index (χ4n) is 2.96. The van der Waals surface area contributed by atoms with Crippen molar-refractivity contribution in [2.24, 2.45) is 0 Å². The molecule has 0 atom stereocenters. The number of nitrogens with one attached hydrogen (secondary N) is 1. The van der Waals surface area contributed by atoms with Crippen LogP contribution in [0.15, 0.2) is 28.9 Å². The zero-order valence-electron chi connectivity index (χ0n) is 12.2. The van der Waals surface area contributed by atoms with Gasteiger partial charge in [-0.3, -0.25) is 9.59 Å². The fraction of sp³-hybridized carbons (Fsp3) is 0.375. The topological polar surface area (TPSA) is 49.4 Å². The third kappa shape index (κ3) is 3.21. The summed E-state index contributed by atoms with van der Waals surface area (Å²) in [7, 11) is 0. The van der Waals surface area contributed by atoms with Gasteiger partial charge in [-0.15, -0.1) is 0 Å². The van der Waals surface area contributed by atoms with Gasteiger partial charge in [0.25, 0.3) is 11.8 Å². The summed E-state index contributed by atoms with van der Waals surface area (Å²) >= 11 is 18.2. The summed E-state index contributed by atoms with van der Waals surface area (Å²) in [5.74, 6) is -1.08. The normalized spacial score (nSPS) is 19.7. The van der Waals surface area contributed by atoms with Crippen LogP contribution < -0.4 is 10.2 Å². The van der Waals surface area contributed by atoms with Crippen LogP contribution in [0, 0.1) is 0 Å². The Labute approximate surface area is 149 Å². The van der Waals surface area contributed by atoms with Crippen molar-refractivity contribution < 1.29 is 9.59 Å². The molecule has 0 saturated heterocycles. The standard InChI is InChI=1S/C16H15Cl3N2O2/c17-9-6-7-11(18)12(8-9)21-15(22)13(19)14(16(21)23)20-10-4-2-1-3-5-10/h6-8,10,20H,1-5H2. The van der Waals surface area contributed by atoms with Crippen LogP contribution in [0.1, 0.15) is 32.1 Å². The molecule has 2 amide bonds. The monoisotopic (exact) mass is 372 g/mol. The molecule has 0 aromatic heterocycles. The molecule has 122 valence electrons. The third-order valence-corrected chi connectivity index (χ3v) is 5.04. The average Bonchev–Trinajstić information content (AvgIpc) is 2.75. The molecule has 3 rings (SSSR count). The zero-order valence-corrected chi connectivity index (χ0v) is 14.5. The number of nitrogens with zero attached hydrogens (tertiary/aromatic N) is 1. The van der Waals surface area contributed by atoms with E-state index < -0.39 is 11.8 Å². The lowest BCUT2D eigenvalue weighted by Gasteiger charge is -2.24. The predicted octanol–water partition coefficient (Wildman–Crippen LogP) is 4.24. The van der Waals surface area contributed by atoms with Crippen molar-refractivity contribution in [3.8, 4) is 0 Å². The molecule has 1 heterocycles. The Kier molecular flexibility index (Phi) is 4.85. The maximum absolute atomic E-state index is 12.7. The van der Waals surface area contributed by atoms with E-state index in [9.17, 15) is 9.59 Å². The SMILES string of the molecule is O=C1C(Cl)=C(NC2CCCCC2)C(=O)N1c1cc(Cl)ccc1Cl. The molecular weight excluding hydrogens is 359 g/mol. The first-order valence-corrected chi connectivity index (χ1v) is 8.62. The number of halogens is 3. The summed E-state index contributed by atoms with van der Waals surface area (Å²) in [6, 6.07) is 4.78. The molecule has 1 N–H and O–H groups in total. The summed E-state index contributed by atoms with van der Waals surface area (Å²) in [6.07, 6.45) is 5.34. The number of carbonyl (C=O) groups excluding carboxylic acids is 2. The van der Waals surface area contributed by atoms with Crippen LogP contribution in [0.2, 0.25) is 10.0 Å². The van der Waals surface area contributed by atoms with Crippen LogP contribution in [-0.4, -0.2) is 17.9 Å². The van der Waals surface area contributed by atoms with Crippen LogP contribution >= 0.6 is 34.8 Å². The summed E-state index contributed by atoms with van der Waals surface area (Å²) in [6.45, 7) is 0. The van der Waals surface area contributed by atoms with Gasteiger partial charge in [-0.05, 0) is 31.0 Å². The van der Waals surface area contributed by atoms with Gasteiger partial charge >= 0.3 is 0 Å². The Bertz CT molecular complexity index is 697. The highest BCUT2D eigenvalue weighted by atomic mass is 35.5. The minimum atomic E-state index is -0.584. The van der Waals surface area contributed by atoms with Gasteiger partial charge in [-0.2, -0.15) is 0 Å². The van der Waals surface area contributed by atoms with Crippen molar-refractivity contribution in [3.05, 3.63) is 39.0 Å². The Morgan fingerprint density at radius 2 is 1.70 bits per heavy atom. The maximum atomic E-state index is 12.7. The highest BCUT2D eigenvalue weighted by molar-refractivity contribution is 6.53. The van der Waals surface area contributed by atoms with E-state index in [2.05, 4.69) is 5.32 Å². The molecule has 1 aliphatic carbocycles. The van der Waals surface area contributed by atoms with Gasteiger partial charge in [-0.25, -0.2) is 4.90 Å². The Morgan fingerprint density at radius 3 is 2.39 bits per heavy atom. The first kappa shape index (κ1) is 16.6. The molecule has 1 aliphatic heterocycles. The van der Waals surface area contributed by atoms with E-state index in [4.69, 9.17) is 34.8 Å². The highest BCUT2D eigenvalue weighted by Gasteiger charge is 2.40. The molecule has 23 heavy (non-hydrogen) atoms. The number of benzene rings is 1. The van der Waals surface area contributed by atoms with Crippen molar-refractivity contribution in [2.45, 2.75) is 38.1 Å². The number of rotatable bonds is 3. The minimum Gasteiger partial charge on any atom is -0.376 e. The van der Waals surface area contributed by atoms with Crippen molar-refractivity contribution >= 4 is 52.3 Å². The first-order chi connectivity index (χ1) is 11.0. The smallest absolute Gasteiger partial charge is 0.283 e. The summed E-state index contributed by atoms with van der Waals surface area (Å²) in [5.41, 5.74) is 0.396. The predicted molar refractivity (Wildman–Crippen MR) is 91.8 cm³/mol. The Hall–Kier alpha value is -1.23. The fourth-order valence-corrected chi connectivity index (χ4v) is 3.54. The molecule has 1 saturated carbocycles. The van der Waals surface area contributed by atoms with Crippen molar-refractivity contribution in [3.63, 3.8) is 0 Å². The van der Waals surface area contributed by atoms with E-state index in [1.54, 1.807) is 12.1 Å². The molecule has 7 heteroatoms. The first-order valence-electron chi connectivity index (χ1n) is 7.49. The summed E-state index contributed by atoms with van der Waals surface area (Å²) in [5, 5.41) is 3.69. The molecule has 2 aliphatic rings. The molecular formula is C16H15Cl3N2O2. The molecule has 0 unspecified atom stereocenters. The van der Waals surface area contributed by atoms with Gasteiger partial charge in [0.2, 0.25) is 0 Å². The number of hydrogen-bond acceptors (Lipinski definition) is 3. The average molecular weight is 374 g/mol. The molecule has 4 nitrogen and oxygen atoms in total. The summed E-state index contributed by atoms with van der Waals surface area (Å²) in [4.78, 5) is 26.0. The lowest BCUT2D eigenvalue weighted by molar-refractivity contribution is -0.120. The lowest BCUT2D eigenvalue weighted by atomic mass is 9.95. The quantitative estimate of drug-likeness (QED) is 0.806. The second-order valence-corrected chi connectivity index (χ2v) is 6.93. The van der Waals surface area contributed by atoms with Gasteiger partial charge in [0.1, 0.15) is 10.7 Å². The molecule has 0 bridgehead atoms. The third-order valence-electron chi connectivity index (χ3n) is 4.13. The van der Waals surface area contributed by atoms with Gasteiger partial charge in [-0.1, -0.05) is 54.1 Å². The van der Waals surface area contributed by atoms with E-state index in [1.807, 2.05) is 0 Å². The second-order valence-electron chi connectivity index (χ2n) is 5.71. The molecule has 0 radical (unpaired) electrons. The van der Waals surface area contributed by atoms with Crippen molar-refractivity contribution in [2.75, 3.05) is 4.90 Å². The van der Waals surface area contributed by atoms with Crippen LogP contribution in [0.25, 0.3) is 0 Å². The largest absolute Gasteiger partial charge is 0.376 e. The van der Waals surface area contributed by atoms with E-state index in [-0.39, 0.29) is 27.5 Å². The van der Waals surface area contributed by atoms with Crippen LogP contribution in [0.5, 0.6) is 0 Å². The van der Waals surface area contributed by atoms with Gasteiger partial charge in [0.05, 0.1) is 10.7 Å². The van der Waals surface area contributed by atoms with E-state index >= 15 is 0 Å². The maximum Gasteiger partial charge on any atom is 0.283 e. The van der Waals surface area contributed by atoms with E-state index in [1.165, 1.54) is 12.5 Å².